The summed E-state index contributed by atoms with van der Waals surface area (Å²) < 4.78 is 13.5. The van der Waals surface area contributed by atoms with Crippen molar-refractivity contribution in [3.63, 3.8) is 0 Å². The summed E-state index contributed by atoms with van der Waals surface area (Å²) >= 11 is 1.63. The molecule has 0 fully saturated rings. The first-order valence-electron chi connectivity index (χ1n) is 6.01. The van der Waals surface area contributed by atoms with Crippen LogP contribution in [0.3, 0.4) is 0 Å². The molecule has 0 aliphatic heterocycles. The van der Waals surface area contributed by atoms with E-state index in [1.54, 1.807) is 30.0 Å². The van der Waals surface area contributed by atoms with E-state index in [2.05, 4.69) is 5.32 Å². The summed E-state index contributed by atoms with van der Waals surface area (Å²) in [6, 6.07) is 14.1. The largest absolute Gasteiger partial charge is 0.386 e. The molecule has 0 saturated heterocycles. The van der Waals surface area contributed by atoms with E-state index < -0.39 is 6.10 Å². The molecule has 0 radical (unpaired) electrons. The van der Waals surface area contributed by atoms with Gasteiger partial charge < -0.3 is 10.4 Å². The van der Waals surface area contributed by atoms with Crippen LogP contribution >= 0.6 is 11.8 Å². The first-order chi connectivity index (χ1) is 9.22. The first kappa shape index (κ1) is 13.9. The van der Waals surface area contributed by atoms with Crippen molar-refractivity contribution in [1.82, 2.24) is 0 Å². The molecule has 2 aromatic rings. The molecule has 19 heavy (non-hydrogen) atoms. The van der Waals surface area contributed by atoms with E-state index >= 15 is 0 Å². The number of rotatable bonds is 5. The van der Waals surface area contributed by atoms with E-state index in [1.807, 2.05) is 30.5 Å². The maximum Gasteiger partial charge on any atom is 0.129 e. The molecule has 100 valence electrons. The van der Waals surface area contributed by atoms with Gasteiger partial charge in [0, 0.05) is 22.7 Å². The number of anilines is 1. The fourth-order valence-electron chi connectivity index (χ4n) is 1.85. The van der Waals surface area contributed by atoms with Gasteiger partial charge in [0.05, 0.1) is 6.10 Å². The summed E-state index contributed by atoms with van der Waals surface area (Å²) in [7, 11) is 0. The van der Waals surface area contributed by atoms with Gasteiger partial charge in [-0.05, 0) is 24.5 Å². The molecule has 0 saturated carbocycles. The first-order valence-corrected chi connectivity index (χ1v) is 7.24. The SMILES string of the molecule is CSc1ccccc1NCC(O)c1ccccc1F. The minimum Gasteiger partial charge on any atom is -0.386 e. The topological polar surface area (TPSA) is 32.3 Å². The molecule has 2 nitrogen and oxygen atoms in total. The van der Waals surface area contributed by atoms with Crippen LogP contribution in [0.15, 0.2) is 53.4 Å². The lowest BCUT2D eigenvalue weighted by Crippen LogP contribution is -2.13. The molecule has 0 amide bonds. The molecule has 0 heterocycles. The molecule has 1 unspecified atom stereocenters. The highest BCUT2D eigenvalue weighted by Gasteiger charge is 2.12. The molecule has 0 bridgehead atoms. The second-order valence-corrected chi connectivity index (χ2v) is 4.97. The zero-order valence-electron chi connectivity index (χ0n) is 10.6. The molecule has 4 heteroatoms. The van der Waals surface area contributed by atoms with Gasteiger partial charge in [-0.1, -0.05) is 30.3 Å². The summed E-state index contributed by atoms with van der Waals surface area (Å²) in [5, 5.41) is 13.2. The van der Waals surface area contributed by atoms with E-state index in [4.69, 9.17) is 0 Å². The van der Waals surface area contributed by atoms with Gasteiger partial charge in [0.25, 0.3) is 0 Å². The number of benzene rings is 2. The maximum atomic E-state index is 13.5. The van der Waals surface area contributed by atoms with E-state index in [9.17, 15) is 9.50 Å². The Morgan fingerprint density at radius 1 is 1.16 bits per heavy atom. The van der Waals surface area contributed by atoms with Crippen LogP contribution in [0.1, 0.15) is 11.7 Å². The predicted octanol–water partition coefficient (Wildman–Crippen LogP) is 3.69. The van der Waals surface area contributed by atoms with Crippen LogP contribution in [0.2, 0.25) is 0 Å². The van der Waals surface area contributed by atoms with Crippen molar-refractivity contribution < 1.29 is 9.50 Å². The Bertz CT molecular complexity index is 547. The molecule has 2 aromatic carbocycles. The Kier molecular flexibility index (Phi) is 4.82. The van der Waals surface area contributed by atoms with Crippen LogP contribution in [-0.2, 0) is 0 Å². The lowest BCUT2D eigenvalue weighted by atomic mass is 10.1. The van der Waals surface area contributed by atoms with Crippen molar-refractivity contribution >= 4 is 17.4 Å². The standard InChI is InChI=1S/C15H16FNOS/c1-19-15-9-5-4-8-13(15)17-10-14(18)11-6-2-3-7-12(11)16/h2-9,14,17-18H,10H2,1H3. The highest BCUT2D eigenvalue weighted by atomic mass is 32.2. The third kappa shape index (κ3) is 3.49. The molecule has 0 aliphatic carbocycles. The molecular weight excluding hydrogens is 261 g/mol. The van der Waals surface area contributed by atoms with E-state index in [1.165, 1.54) is 6.07 Å². The van der Waals surface area contributed by atoms with E-state index in [-0.39, 0.29) is 12.4 Å². The van der Waals surface area contributed by atoms with Crippen molar-refractivity contribution in [2.45, 2.75) is 11.0 Å². The monoisotopic (exact) mass is 277 g/mol. The average Bonchev–Trinajstić information content (AvgIpc) is 2.45. The van der Waals surface area contributed by atoms with E-state index in [0.717, 1.165) is 10.6 Å². The molecule has 2 rings (SSSR count). The quantitative estimate of drug-likeness (QED) is 0.817. The average molecular weight is 277 g/mol. The zero-order chi connectivity index (χ0) is 13.7. The van der Waals surface area contributed by atoms with Crippen molar-refractivity contribution in [1.29, 1.82) is 0 Å². The Labute approximate surface area is 116 Å². The maximum absolute atomic E-state index is 13.5. The van der Waals surface area contributed by atoms with Crippen molar-refractivity contribution in [3.8, 4) is 0 Å². The molecular formula is C15H16FNOS. The van der Waals surface area contributed by atoms with Crippen LogP contribution in [-0.4, -0.2) is 17.9 Å². The summed E-state index contributed by atoms with van der Waals surface area (Å²) in [5.74, 6) is -0.380. The number of hydrogen-bond acceptors (Lipinski definition) is 3. The van der Waals surface area contributed by atoms with Gasteiger partial charge in [0.2, 0.25) is 0 Å². The van der Waals surface area contributed by atoms with E-state index in [0.29, 0.717) is 5.56 Å². The van der Waals surface area contributed by atoms with Crippen molar-refractivity contribution in [2.75, 3.05) is 18.1 Å². The van der Waals surface area contributed by atoms with Crippen LogP contribution in [0.4, 0.5) is 10.1 Å². The van der Waals surface area contributed by atoms with Gasteiger partial charge in [-0.15, -0.1) is 11.8 Å². The number of hydrogen-bond donors (Lipinski definition) is 2. The van der Waals surface area contributed by atoms with Gasteiger partial charge in [-0.25, -0.2) is 4.39 Å². The van der Waals surface area contributed by atoms with Crippen LogP contribution in [0.5, 0.6) is 0 Å². The second kappa shape index (κ2) is 6.59. The van der Waals surface area contributed by atoms with Crippen LogP contribution in [0.25, 0.3) is 0 Å². The highest BCUT2D eigenvalue weighted by Crippen LogP contribution is 2.25. The van der Waals surface area contributed by atoms with Crippen molar-refractivity contribution in [3.05, 3.63) is 59.9 Å². The summed E-state index contributed by atoms with van der Waals surface area (Å²) in [6.45, 7) is 0.276. The van der Waals surface area contributed by atoms with Gasteiger partial charge >= 0.3 is 0 Å². The lowest BCUT2D eigenvalue weighted by molar-refractivity contribution is 0.186. The number of thioether (sulfide) groups is 1. The van der Waals surface area contributed by atoms with Gasteiger partial charge in [0.15, 0.2) is 0 Å². The lowest BCUT2D eigenvalue weighted by Gasteiger charge is -2.15. The fourth-order valence-corrected chi connectivity index (χ4v) is 2.43. The number of halogens is 1. The Morgan fingerprint density at radius 2 is 1.84 bits per heavy atom. The molecule has 0 spiro atoms. The number of aliphatic hydroxyl groups excluding tert-OH is 1. The molecule has 0 aliphatic rings. The minimum absolute atomic E-state index is 0.276. The summed E-state index contributed by atoms with van der Waals surface area (Å²) in [5.41, 5.74) is 1.27. The van der Waals surface area contributed by atoms with Crippen LogP contribution < -0.4 is 5.32 Å². The molecule has 0 aromatic heterocycles. The second-order valence-electron chi connectivity index (χ2n) is 4.12. The Hall–Kier alpha value is -1.52. The number of aliphatic hydroxyl groups is 1. The smallest absolute Gasteiger partial charge is 0.129 e. The Morgan fingerprint density at radius 3 is 2.58 bits per heavy atom. The summed E-state index contributed by atoms with van der Waals surface area (Å²) in [6.07, 6.45) is 1.13. The van der Waals surface area contributed by atoms with Gasteiger partial charge in [-0.2, -0.15) is 0 Å². The fraction of sp³-hybridized carbons (Fsp3) is 0.200. The van der Waals surface area contributed by atoms with Crippen molar-refractivity contribution in [2.24, 2.45) is 0 Å². The highest BCUT2D eigenvalue weighted by molar-refractivity contribution is 7.98. The molecule has 2 N–H and O–H groups in total. The summed E-state index contributed by atoms with van der Waals surface area (Å²) in [4.78, 5) is 1.10. The zero-order valence-corrected chi connectivity index (χ0v) is 11.5. The third-order valence-corrected chi connectivity index (χ3v) is 3.65. The third-order valence-electron chi connectivity index (χ3n) is 2.86. The minimum atomic E-state index is -0.865. The van der Waals surface area contributed by atoms with Gasteiger partial charge in [-0.3, -0.25) is 0 Å². The predicted molar refractivity (Wildman–Crippen MR) is 78.1 cm³/mol. The molecule has 1 atom stereocenters. The number of para-hydroxylation sites is 1. The number of nitrogens with one attached hydrogen (secondary N) is 1. The Balaban J connectivity index is 2.04. The van der Waals surface area contributed by atoms with Gasteiger partial charge in [0.1, 0.15) is 5.82 Å². The van der Waals surface area contributed by atoms with Crippen LogP contribution in [0, 0.1) is 5.82 Å². The normalized spacial score (nSPS) is 12.2.